The Labute approximate surface area is 133 Å². The van der Waals surface area contributed by atoms with Crippen LogP contribution >= 0.6 is 15.9 Å². The standard InChI is InChI=1S/C16H19BrN2O2/c1-20-12-7-8-14(17)13(10-12)15(19-18)9-11-5-3-4-6-16(11)21-2/h3-8,10,15,19H,9,18H2,1-2H3. The van der Waals surface area contributed by atoms with Crippen LogP contribution in [0.5, 0.6) is 11.5 Å². The maximum Gasteiger partial charge on any atom is 0.122 e. The van der Waals surface area contributed by atoms with Gasteiger partial charge in [-0.25, -0.2) is 0 Å². The Morgan fingerprint density at radius 3 is 2.57 bits per heavy atom. The van der Waals surface area contributed by atoms with Crippen LogP contribution in [-0.4, -0.2) is 14.2 Å². The number of para-hydroxylation sites is 1. The van der Waals surface area contributed by atoms with E-state index in [9.17, 15) is 0 Å². The van der Waals surface area contributed by atoms with Crippen molar-refractivity contribution in [1.82, 2.24) is 5.43 Å². The highest BCUT2D eigenvalue weighted by Crippen LogP contribution is 2.31. The Bertz CT molecular complexity index is 605. The molecule has 1 atom stereocenters. The Balaban J connectivity index is 2.32. The number of benzene rings is 2. The summed E-state index contributed by atoms with van der Waals surface area (Å²) in [6, 6.07) is 13.7. The molecule has 4 nitrogen and oxygen atoms in total. The van der Waals surface area contributed by atoms with Crippen molar-refractivity contribution < 1.29 is 9.47 Å². The quantitative estimate of drug-likeness (QED) is 0.620. The molecule has 112 valence electrons. The van der Waals surface area contributed by atoms with E-state index < -0.39 is 0 Å². The topological polar surface area (TPSA) is 56.5 Å². The van der Waals surface area contributed by atoms with Crippen molar-refractivity contribution in [2.24, 2.45) is 5.84 Å². The number of nitrogens with two attached hydrogens (primary N) is 1. The normalized spacial score (nSPS) is 12.0. The third-order valence-electron chi connectivity index (χ3n) is 3.40. The summed E-state index contributed by atoms with van der Waals surface area (Å²) in [5.41, 5.74) is 5.01. The van der Waals surface area contributed by atoms with E-state index in [1.807, 2.05) is 42.5 Å². The smallest absolute Gasteiger partial charge is 0.122 e. The van der Waals surface area contributed by atoms with Crippen LogP contribution in [0.2, 0.25) is 0 Å². The second-order valence-electron chi connectivity index (χ2n) is 4.62. The van der Waals surface area contributed by atoms with Crippen LogP contribution in [-0.2, 0) is 6.42 Å². The zero-order valence-corrected chi connectivity index (χ0v) is 13.7. The average molecular weight is 351 g/mol. The maximum atomic E-state index is 5.75. The van der Waals surface area contributed by atoms with Crippen LogP contribution in [0.3, 0.4) is 0 Å². The van der Waals surface area contributed by atoms with Gasteiger partial charge in [0.15, 0.2) is 0 Å². The molecular formula is C16H19BrN2O2. The molecule has 1 unspecified atom stereocenters. The summed E-state index contributed by atoms with van der Waals surface area (Å²) in [7, 11) is 3.32. The van der Waals surface area contributed by atoms with Crippen LogP contribution in [0.1, 0.15) is 17.2 Å². The zero-order chi connectivity index (χ0) is 15.2. The molecule has 0 aromatic heterocycles. The number of methoxy groups -OCH3 is 2. The Hall–Kier alpha value is -1.56. The molecule has 0 fully saturated rings. The Morgan fingerprint density at radius 2 is 1.90 bits per heavy atom. The van der Waals surface area contributed by atoms with Crippen molar-refractivity contribution >= 4 is 15.9 Å². The lowest BCUT2D eigenvalue weighted by molar-refractivity contribution is 0.404. The van der Waals surface area contributed by atoms with Crippen molar-refractivity contribution in [2.75, 3.05) is 14.2 Å². The number of hydrazine groups is 1. The van der Waals surface area contributed by atoms with E-state index in [1.54, 1.807) is 14.2 Å². The lowest BCUT2D eigenvalue weighted by Gasteiger charge is -2.20. The minimum Gasteiger partial charge on any atom is -0.497 e. The molecule has 0 heterocycles. The van der Waals surface area contributed by atoms with Crippen LogP contribution in [0.15, 0.2) is 46.9 Å². The molecule has 0 aliphatic carbocycles. The van der Waals surface area contributed by atoms with Gasteiger partial charge in [-0.05, 0) is 41.8 Å². The fraction of sp³-hybridized carbons (Fsp3) is 0.250. The molecule has 0 aliphatic rings. The highest BCUT2D eigenvalue weighted by molar-refractivity contribution is 9.10. The predicted molar refractivity (Wildman–Crippen MR) is 87.5 cm³/mol. The van der Waals surface area contributed by atoms with Crippen LogP contribution in [0, 0.1) is 0 Å². The van der Waals surface area contributed by atoms with Crippen molar-refractivity contribution in [3.8, 4) is 11.5 Å². The third kappa shape index (κ3) is 3.75. The molecule has 0 saturated heterocycles. The van der Waals surface area contributed by atoms with E-state index in [1.165, 1.54) is 0 Å². The van der Waals surface area contributed by atoms with Gasteiger partial charge < -0.3 is 9.47 Å². The number of halogens is 1. The van der Waals surface area contributed by atoms with Crippen molar-refractivity contribution in [3.05, 3.63) is 58.1 Å². The average Bonchev–Trinajstić information content (AvgIpc) is 2.53. The van der Waals surface area contributed by atoms with Crippen LogP contribution in [0.4, 0.5) is 0 Å². The zero-order valence-electron chi connectivity index (χ0n) is 12.1. The molecule has 2 rings (SSSR count). The van der Waals surface area contributed by atoms with Crippen LogP contribution < -0.4 is 20.7 Å². The summed E-state index contributed by atoms with van der Waals surface area (Å²) in [5.74, 6) is 7.41. The first kappa shape index (κ1) is 15.8. The highest BCUT2D eigenvalue weighted by atomic mass is 79.9. The largest absolute Gasteiger partial charge is 0.497 e. The lowest BCUT2D eigenvalue weighted by atomic mass is 9.98. The number of hydrogen-bond acceptors (Lipinski definition) is 4. The van der Waals surface area contributed by atoms with Crippen LogP contribution in [0.25, 0.3) is 0 Å². The summed E-state index contributed by atoms with van der Waals surface area (Å²) in [6.07, 6.45) is 0.715. The van der Waals surface area contributed by atoms with Gasteiger partial charge in [0, 0.05) is 4.47 Å². The fourth-order valence-electron chi connectivity index (χ4n) is 2.27. The SMILES string of the molecule is COc1ccc(Br)c(C(Cc2ccccc2OC)NN)c1. The second kappa shape index (κ2) is 7.45. The van der Waals surface area contributed by atoms with Crippen molar-refractivity contribution in [2.45, 2.75) is 12.5 Å². The first-order valence-electron chi connectivity index (χ1n) is 6.61. The van der Waals surface area contributed by atoms with Gasteiger partial charge in [0.2, 0.25) is 0 Å². The molecule has 21 heavy (non-hydrogen) atoms. The van der Waals surface area contributed by atoms with E-state index in [0.29, 0.717) is 6.42 Å². The molecule has 0 amide bonds. The number of ether oxygens (including phenoxy) is 2. The summed E-state index contributed by atoms with van der Waals surface area (Å²) in [5, 5.41) is 0. The van der Waals surface area contributed by atoms with Gasteiger partial charge in [-0.3, -0.25) is 11.3 Å². The summed E-state index contributed by atoms with van der Waals surface area (Å²) in [6.45, 7) is 0. The van der Waals surface area contributed by atoms with Gasteiger partial charge in [-0.2, -0.15) is 0 Å². The molecule has 0 bridgehead atoms. The van der Waals surface area contributed by atoms with Gasteiger partial charge in [0.25, 0.3) is 0 Å². The molecular weight excluding hydrogens is 332 g/mol. The molecule has 0 aliphatic heterocycles. The van der Waals surface area contributed by atoms with Gasteiger partial charge in [-0.1, -0.05) is 34.1 Å². The molecule has 2 aromatic rings. The summed E-state index contributed by atoms with van der Waals surface area (Å²) < 4.78 is 11.7. The molecule has 0 spiro atoms. The van der Waals surface area contributed by atoms with E-state index in [-0.39, 0.29) is 6.04 Å². The predicted octanol–water partition coefficient (Wildman–Crippen LogP) is 3.21. The number of nitrogens with one attached hydrogen (secondary N) is 1. The first-order chi connectivity index (χ1) is 10.2. The van der Waals surface area contributed by atoms with E-state index in [4.69, 9.17) is 15.3 Å². The second-order valence-corrected chi connectivity index (χ2v) is 5.48. The number of hydrogen-bond donors (Lipinski definition) is 2. The molecule has 2 aromatic carbocycles. The Morgan fingerprint density at radius 1 is 1.14 bits per heavy atom. The molecule has 0 saturated carbocycles. The van der Waals surface area contributed by atoms with E-state index in [0.717, 1.165) is 27.1 Å². The molecule has 5 heteroatoms. The fourth-order valence-corrected chi connectivity index (χ4v) is 2.79. The lowest BCUT2D eigenvalue weighted by Crippen LogP contribution is -2.30. The Kier molecular flexibility index (Phi) is 5.61. The third-order valence-corrected chi connectivity index (χ3v) is 4.12. The van der Waals surface area contributed by atoms with E-state index >= 15 is 0 Å². The summed E-state index contributed by atoms with van der Waals surface area (Å²) >= 11 is 3.57. The van der Waals surface area contributed by atoms with E-state index in [2.05, 4.69) is 21.4 Å². The minimum absolute atomic E-state index is 0.0502. The first-order valence-corrected chi connectivity index (χ1v) is 7.40. The van der Waals surface area contributed by atoms with Gasteiger partial charge >= 0.3 is 0 Å². The molecule has 0 radical (unpaired) electrons. The molecule has 3 N–H and O–H groups in total. The number of rotatable bonds is 6. The van der Waals surface area contributed by atoms with Gasteiger partial charge in [0.05, 0.1) is 20.3 Å². The monoisotopic (exact) mass is 350 g/mol. The van der Waals surface area contributed by atoms with Gasteiger partial charge in [0.1, 0.15) is 11.5 Å². The summed E-state index contributed by atoms with van der Waals surface area (Å²) in [4.78, 5) is 0. The van der Waals surface area contributed by atoms with Gasteiger partial charge in [-0.15, -0.1) is 0 Å². The maximum absolute atomic E-state index is 5.75. The minimum atomic E-state index is -0.0502. The van der Waals surface area contributed by atoms with Crippen molar-refractivity contribution in [1.29, 1.82) is 0 Å². The van der Waals surface area contributed by atoms with Crippen molar-refractivity contribution in [3.63, 3.8) is 0 Å². The highest BCUT2D eigenvalue weighted by Gasteiger charge is 2.16.